The SMILES string of the molecule is C[C@@H](NC(=O)c1cccc2c1/C(=C(/Nc1ccccc1N1C(=O)N/C(=C\c3ccncc3)C1=O)c1ccccc1)C(=O)N2)c1ccccc1. The van der Waals surface area contributed by atoms with Crippen LogP contribution in [0.2, 0.25) is 0 Å². The minimum Gasteiger partial charge on any atom is -0.353 e. The number of aromatic nitrogens is 1. The molecule has 0 radical (unpaired) electrons. The van der Waals surface area contributed by atoms with Crippen LogP contribution in [0, 0.1) is 0 Å². The highest BCUT2D eigenvalue weighted by molar-refractivity contribution is 6.39. The van der Waals surface area contributed by atoms with Crippen molar-refractivity contribution >= 4 is 58.2 Å². The number of carbonyl (C=O) groups excluding carboxylic acids is 4. The third-order valence-corrected chi connectivity index (χ3v) is 8.29. The number of para-hydroxylation sites is 2. The van der Waals surface area contributed by atoms with Gasteiger partial charge in [0.1, 0.15) is 5.70 Å². The van der Waals surface area contributed by atoms with Crippen LogP contribution in [0.3, 0.4) is 0 Å². The van der Waals surface area contributed by atoms with E-state index in [2.05, 4.69) is 26.3 Å². The lowest BCUT2D eigenvalue weighted by atomic mass is 9.95. The maximum atomic E-state index is 13.8. The summed E-state index contributed by atoms with van der Waals surface area (Å²) in [4.78, 5) is 59.6. The Labute approximate surface area is 282 Å². The fourth-order valence-electron chi connectivity index (χ4n) is 5.92. The molecule has 10 heteroatoms. The third kappa shape index (κ3) is 6.06. The van der Waals surface area contributed by atoms with E-state index in [4.69, 9.17) is 0 Å². The van der Waals surface area contributed by atoms with Gasteiger partial charge in [-0.3, -0.25) is 19.4 Å². The quantitative estimate of drug-likeness (QED) is 0.111. The van der Waals surface area contributed by atoms with E-state index < -0.39 is 17.8 Å². The van der Waals surface area contributed by atoms with Crippen molar-refractivity contribution in [3.05, 3.63) is 161 Å². The topological polar surface area (TPSA) is 133 Å². The zero-order valence-corrected chi connectivity index (χ0v) is 26.3. The average molecular weight is 647 g/mol. The molecule has 10 nitrogen and oxygen atoms in total. The average Bonchev–Trinajstić information content (AvgIpc) is 3.61. The summed E-state index contributed by atoms with van der Waals surface area (Å²) in [5.74, 6) is -1.30. The van der Waals surface area contributed by atoms with E-state index in [1.165, 1.54) is 0 Å². The normalized spacial score (nSPS) is 16.1. The van der Waals surface area contributed by atoms with Crippen molar-refractivity contribution in [2.75, 3.05) is 15.5 Å². The van der Waals surface area contributed by atoms with Crippen LogP contribution >= 0.6 is 0 Å². The van der Waals surface area contributed by atoms with Crippen LogP contribution < -0.4 is 26.2 Å². The number of urea groups is 1. The Bertz CT molecular complexity index is 2160. The summed E-state index contributed by atoms with van der Waals surface area (Å²) >= 11 is 0. The molecule has 0 spiro atoms. The molecule has 3 heterocycles. The van der Waals surface area contributed by atoms with Crippen LogP contribution in [-0.2, 0) is 9.59 Å². The second kappa shape index (κ2) is 13.1. The van der Waals surface area contributed by atoms with E-state index in [1.54, 1.807) is 73.1 Å². The second-order valence-corrected chi connectivity index (χ2v) is 11.5. The van der Waals surface area contributed by atoms with Crippen LogP contribution in [-0.4, -0.2) is 28.7 Å². The zero-order chi connectivity index (χ0) is 33.9. The summed E-state index contributed by atoms with van der Waals surface area (Å²) in [6, 6.07) is 33.4. The van der Waals surface area contributed by atoms with Gasteiger partial charge < -0.3 is 21.3 Å². The van der Waals surface area contributed by atoms with Crippen molar-refractivity contribution in [3.8, 4) is 0 Å². The maximum Gasteiger partial charge on any atom is 0.333 e. The van der Waals surface area contributed by atoms with Crippen molar-refractivity contribution in [3.63, 3.8) is 0 Å². The highest BCUT2D eigenvalue weighted by atomic mass is 16.2. The molecule has 4 aromatic carbocycles. The minimum absolute atomic E-state index is 0.108. The predicted molar refractivity (Wildman–Crippen MR) is 189 cm³/mol. The van der Waals surface area contributed by atoms with Crippen LogP contribution in [0.5, 0.6) is 0 Å². The zero-order valence-electron chi connectivity index (χ0n) is 26.3. The number of benzene rings is 4. The number of imide groups is 1. The molecule has 2 aliphatic heterocycles. The minimum atomic E-state index is -0.621. The van der Waals surface area contributed by atoms with Gasteiger partial charge in [0.2, 0.25) is 0 Å². The van der Waals surface area contributed by atoms with Crippen LogP contribution in [0.1, 0.15) is 45.6 Å². The molecule has 0 bridgehead atoms. The molecule has 0 unspecified atom stereocenters. The summed E-state index contributed by atoms with van der Waals surface area (Å²) in [6.07, 6.45) is 4.78. The fraction of sp³-hybridized carbons (Fsp3) is 0.0513. The highest BCUT2D eigenvalue weighted by Crippen LogP contribution is 2.41. The lowest BCUT2D eigenvalue weighted by Gasteiger charge is -2.21. The molecule has 1 saturated heterocycles. The number of nitrogens with one attached hydrogen (secondary N) is 4. The third-order valence-electron chi connectivity index (χ3n) is 8.29. The summed E-state index contributed by atoms with van der Waals surface area (Å²) in [7, 11) is 0. The molecule has 1 aromatic heterocycles. The van der Waals surface area contributed by atoms with Crippen molar-refractivity contribution in [1.82, 2.24) is 15.6 Å². The number of amides is 5. The molecule has 2 aliphatic rings. The maximum absolute atomic E-state index is 13.8. The number of fused-ring (bicyclic) bond motifs is 1. The Balaban J connectivity index is 1.31. The Morgan fingerprint density at radius 3 is 2.24 bits per heavy atom. The molecule has 5 aromatic rings. The van der Waals surface area contributed by atoms with E-state index in [0.29, 0.717) is 39.3 Å². The molecular formula is C39H30N6O4. The number of rotatable bonds is 8. The number of nitrogens with zero attached hydrogens (tertiary/aromatic N) is 2. The Morgan fingerprint density at radius 2 is 1.49 bits per heavy atom. The monoisotopic (exact) mass is 646 g/mol. The molecule has 1 atom stereocenters. The predicted octanol–water partition coefficient (Wildman–Crippen LogP) is 6.60. The first-order valence-corrected chi connectivity index (χ1v) is 15.6. The Hall–Kier alpha value is -6.81. The van der Waals surface area contributed by atoms with Gasteiger partial charge in [0.05, 0.1) is 28.7 Å². The first kappa shape index (κ1) is 30.8. The standard InChI is InChI=1S/C39H30N6O4/c1-24(26-11-4-2-5-12-26)41-36(46)28-15-10-17-30-33(28)34(37(47)43-30)35(27-13-6-3-7-14-27)42-29-16-8-9-18-32(29)45-38(48)31(44-39(45)49)23-25-19-21-40-22-20-25/h2-24,42H,1H3,(H,41,46)(H,43,47)(H,44,49)/b31-23-,35-34-/t24-/m1/s1. The summed E-state index contributed by atoms with van der Waals surface area (Å²) in [5.41, 5.74) is 4.94. The highest BCUT2D eigenvalue weighted by Gasteiger charge is 2.37. The summed E-state index contributed by atoms with van der Waals surface area (Å²) < 4.78 is 0. The molecule has 240 valence electrons. The Kier molecular flexibility index (Phi) is 8.26. The second-order valence-electron chi connectivity index (χ2n) is 11.5. The van der Waals surface area contributed by atoms with E-state index in [0.717, 1.165) is 10.5 Å². The van der Waals surface area contributed by atoms with Gasteiger partial charge in [-0.25, -0.2) is 9.69 Å². The first-order chi connectivity index (χ1) is 23.9. The molecule has 0 saturated carbocycles. The van der Waals surface area contributed by atoms with E-state index in [1.807, 2.05) is 67.6 Å². The van der Waals surface area contributed by atoms with Crippen LogP contribution in [0.15, 0.2) is 133 Å². The van der Waals surface area contributed by atoms with Crippen molar-refractivity contribution < 1.29 is 19.2 Å². The molecule has 0 aliphatic carbocycles. The number of carbonyl (C=O) groups is 4. The smallest absolute Gasteiger partial charge is 0.333 e. The van der Waals surface area contributed by atoms with Gasteiger partial charge in [-0.2, -0.15) is 0 Å². The van der Waals surface area contributed by atoms with Gasteiger partial charge >= 0.3 is 6.03 Å². The largest absolute Gasteiger partial charge is 0.353 e. The van der Waals surface area contributed by atoms with Gasteiger partial charge in [-0.05, 0) is 66.1 Å². The summed E-state index contributed by atoms with van der Waals surface area (Å²) in [5, 5.41) is 12.0. The van der Waals surface area contributed by atoms with Crippen LogP contribution in [0.4, 0.5) is 21.9 Å². The lowest BCUT2D eigenvalue weighted by Crippen LogP contribution is -2.31. The molecule has 5 amide bonds. The Morgan fingerprint density at radius 1 is 0.796 bits per heavy atom. The van der Waals surface area contributed by atoms with Crippen molar-refractivity contribution in [2.24, 2.45) is 0 Å². The van der Waals surface area contributed by atoms with Gasteiger partial charge in [0.15, 0.2) is 0 Å². The number of anilines is 3. The van der Waals surface area contributed by atoms with Crippen molar-refractivity contribution in [2.45, 2.75) is 13.0 Å². The van der Waals surface area contributed by atoms with Gasteiger partial charge in [0.25, 0.3) is 17.7 Å². The number of hydrogen-bond donors (Lipinski definition) is 4. The molecule has 49 heavy (non-hydrogen) atoms. The number of hydrogen-bond acceptors (Lipinski definition) is 6. The molecule has 1 fully saturated rings. The van der Waals surface area contributed by atoms with Gasteiger partial charge in [0, 0.05) is 29.2 Å². The van der Waals surface area contributed by atoms with E-state index in [-0.39, 0.29) is 28.9 Å². The fourth-order valence-corrected chi connectivity index (χ4v) is 5.92. The van der Waals surface area contributed by atoms with Crippen molar-refractivity contribution in [1.29, 1.82) is 0 Å². The van der Waals surface area contributed by atoms with E-state index in [9.17, 15) is 19.2 Å². The van der Waals surface area contributed by atoms with Crippen LogP contribution in [0.25, 0.3) is 17.3 Å². The number of pyridine rings is 1. The van der Waals surface area contributed by atoms with E-state index >= 15 is 0 Å². The summed E-state index contributed by atoms with van der Waals surface area (Å²) in [6.45, 7) is 1.90. The molecule has 4 N–H and O–H groups in total. The first-order valence-electron chi connectivity index (χ1n) is 15.6. The lowest BCUT2D eigenvalue weighted by molar-refractivity contribution is -0.114. The van der Waals surface area contributed by atoms with Gasteiger partial charge in [-0.15, -0.1) is 0 Å². The molecule has 7 rings (SSSR count). The van der Waals surface area contributed by atoms with Gasteiger partial charge in [-0.1, -0.05) is 78.9 Å². The molecular weight excluding hydrogens is 616 g/mol.